The molecule has 21 heavy (non-hydrogen) atoms. The van der Waals surface area contributed by atoms with Crippen LogP contribution in [0.3, 0.4) is 0 Å². The maximum absolute atomic E-state index is 12.0. The molecule has 1 N–H and O–H groups in total. The highest BCUT2D eigenvalue weighted by Crippen LogP contribution is 2.31. The molecule has 1 aromatic carbocycles. The fraction of sp³-hybridized carbons (Fsp3) is 0.167. The smallest absolute Gasteiger partial charge is 0.261 e. The molecule has 0 aliphatic carbocycles. The van der Waals surface area contributed by atoms with E-state index in [1.807, 2.05) is 0 Å². The van der Waals surface area contributed by atoms with Gasteiger partial charge in [-0.15, -0.1) is 0 Å². The van der Waals surface area contributed by atoms with Gasteiger partial charge in [-0.25, -0.2) is 8.42 Å². The summed E-state index contributed by atoms with van der Waals surface area (Å²) in [6.45, 7) is 1.62. The van der Waals surface area contributed by atoms with Crippen molar-refractivity contribution in [3.63, 3.8) is 0 Å². The lowest BCUT2D eigenvalue weighted by atomic mass is 10.2. The van der Waals surface area contributed by atoms with Crippen molar-refractivity contribution in [3.05, 3.63) is 40.7 Å². The molecular weight excluding hydrogens is 337 g/mol. The van der Waals surface area contributed by atoms with Gasteiger partial charge in [-0.2, -0.15) is 5.10 Å². The van der Waals surface area contributed by atoms with Crippen LogP contribution >= 0.6 is 22.3 Å². The average Bonchev–Trinajstić information content (AvgIpc) is 2.79. The van der Waals surface area contributed by atoms with Gasteiger partial charge >= 0.3 is 0 Å². The Bertz CT molecular complexity index is 792. The van der Waals surface area contributed by atoms with Crippen LogP contribution in [0.15, 0.2) is 29.4 Å². The van der Waals surface area contributed by atoms with Crippen LogP contribution in [-0.2, 0) is 16.1 Å². The molecule has 9 heteroatoms. The molecule has 112 valence electrons. The molecule has 0 saturated heterocycles. The Balaban J connectivity index is 2.35. The van der Waals surface area contributed by atoms with Gasteiger partial charge in [-0.3, -0.25) is 9.48 Å². The zero-order chi connectivity index (χ0) is 15.8. The van der Waals surface area contributed by atoms with Gasteiger partial charge in [0.15, 0.2) is 0 Å². The first kappa shape index (κ1) is 15.8. The summed E-state index contributed by atoms with van der Waals surface area (Å²) in [7, 11) is 3.08. The van der Waals surface area contributed by atoms with E-state index in [4.69, 9.17) is 22.3 Å². The Morgan fingerprint density at radius 2 is 2.05 bits per heavy atom. The van der Waals surface area contributed by atoms with Gasteiger partial charge in [0.05, 0.1) is 27.4 Å². The number of anilines is 1. The van der Waals surface area contributed by atoms with Crippen LogP contribution in [0.4, 0.5) is 5.69 Å². The molecule has 0 fully saturated rings. The predicted octanol–water partition coefficient (Wildman–Crippen LogP) is 2.56. The van der Waals surface area contributed by atoms with Gasteiger partial charge in [0.1, 0.15) is 0 Å². The third-order valence-corrected chi connectivity index (χ3v) is 4.38. The van der Waals surface area contributed by atoms with E-state index in [0.717, 1.165) is 0 Å². The molecule has 2 rings (SSSR count). The zero-order valence-corrected chi connectivity index (χ0v) is 13.4. The number of aryl methyl sites for hydroxylation is 2. The fourth-order valence-electron chi connectivity index (χ4n) is 1.74. The van der Waals surface area contributed by atoms with Gasteiger partial charge in [-0.1, -0.05) is 11.6 Å². The van der Waals surface area contributed by atoms with Gasteiger partial charge in [0.2, 0.25) is 0 Å². The maximum Gasteiger partial charge on any atom is 0.261 e. The van der Waals surface area contributed by atoms with E-state index in [9.17, 15) is 13.2 Å². The number of carbonyl (C=O) groups excluding carboxylic acids is 1. The Morgan fingerprint density at radius 3 is 2.52 bits per heavy atom. The first-order chi connectivity index (χ1) is 9.68. The SMILES string of the molecule is Cc1cc(S(=O)(=O)Cl)cc(Cl)c1NC(=O)c1cnn(C)c1. The molecule has 0 radical (unpaired) electrons. The second kappa shape index (κ2) is 5.67. The number of nitrogens with zero attached hydrogens (tertiary/aromatic N) is 2. The number of carbonyl (C=O) groups is 1. The summed E-state index contributed by atoms with van der Waals surface area (Å²) in [6, 6.07) is 2.53. The van der Waals surface area contributed by atoms with E-state index in [1.165, 1.54) is 23.0 Å². The van der Waals surface area contributed by atoms with E-state index in [-0.39, 0.29) is 9.92 Å². The number of rotatable bonds is 3. The predicted molar refractivity (Wildman–Crippen MR) is 80.4 cm³/mol. The molecule has 1 amide bonds. The highest BCUT2D eigenvalue weighted by molar-refractivity contribution is 8.13. The molecule has 6 nitrogen and oxygen atoms in total. The van der Waals surface area contributed by atoms with Crippen molar-refractivity contribution in [3.8, 4) is 0 Å². The van der Waals surface area contributed by atoms with Gasteiger partial charge in [-0.05, 0) is 24.6 Å². The van der Waals surface area contributed by atoms with Crippen LogP contribution in [-0.4, -0.2) is 24.1 Å². The first-order valence-electron chi connectivity index (χ1n) is 5.73. The molecule has 0 aliphatic rings. The summed E-state index contributed by atoms with van der Waals surface area (Å²) in [5.74, 6) is -0.394. The third-order valence-electron chi connectivity index (χ3n) is 2.75. The molecule has 0 atom stereocenters. The minimum absolute atomic E-state index is 0.0893. The molecule has 0 unspecified atom stereocenters. The largest absolute Gasteiger partial charge is 0.320 e. The lowest BCUT2D eigenvalue weighted by Gasteiger charge is -2.11. The topological polar surface area (TPSA) is 81.1 Å². The van der Waals surface area contributed by atoms with Crippen molar-refractivity contribution in [2.45, 2.75) is 11.8 Å². The second-order valence-electron chi connectivity index (χ2n) is 4.39. The summed E-state index contributed by atoms with van der Waals surface area (Å²) >= 11 is 6.02. The lowest BCUT2D eigenvalue weighted by molar-refractivity contribution is 0.102. The minimum atomic E-state index is -3.88. The van der Waals surface area contributed by atoms with E-state index in [1.54, 1.807) is 20.2 Å². The molecule has 0 bridgehead atoms. The maximum atomic E-state index is 12.0. The van der Waals surface area contributed by atoms with Crippen molar-refractivity contribution in [2.75, 3.05) is 5.32 Å². The Hall–Kier alpha value is -1.57. The quantitative estimate of drug-likeness (QED) is 0.865. The summed E-state index contributed by atoms with van der Waals surface area (Å²) in [5, 5.41) is 6.61. The van der Waals surface area contributed by atoms with Gasteiger partial charge in [0, 0.05) is 23.9 Å². The molecular formula is C12H11Cl2N3O3S. The number of nitrogens with one attached hydrogen (secondary N) is 1. The standard InChI is InChI=1S/C12H11Cl2N3O3S/c1-7-3-9(21(14,19)20)4-10(13)11(7)16-12(18)8-5-15-17(2)6-8/h3-6H,1-2H3,(H,16,18). The van der Waals surface area contributed by atoms with Crippen LogP contribution < -0.4 is 5.32 Å². The summed E-state index contributed by atoms with van der Waals surface area (Å²) in [4.78, 5) is 11.9. The number of hydrogen-bond donors (Lipinski definition) is 1. The van der Waals surface area contributed by atoms with Crippen LogP contribution in [0.2, 0.25) is 5.02 Å². The van der Waals surface area contributed by atoms with Crippen LogP contribution in [0, 0.1) is 6.92 Å². The fourth-order valence-corrected chi connectivity index (χ4v) is 2.96. The van der Waals surface area contributed by atoms with E-state index in [0.29, 0.717) is 16.8 Å². The monoisotopic (exact) mass is 347 g/mol. The number of benzene rings is 1. The molecule has 1 heterocycles. The van der Waals surface area contributed by atoms with Crippen LogP contribution in [0.1, 0.15) is 15.9 Å². The van der Waals surface area contributed by atoms with Crippen molar-refractivity contribution in [1.82, 2.24) is 9.78 Å². The second-order valence-corrected chi connectivity index (χ2v) is 7.36. The molecule has 0 spiro atoms. The lowest BCUT2D eigenvalue weighted by Crippen LogP contribution is -2.13. The Kier molecular flexibility index (Phi) is 4.27. The summed E-state index contributed by atoms with van der Waals surface area (Å²) < 4.78 is 24.1. The first-order valence-corrected chi connectivity index (χ1v) is 8.42. The zero-order valence-electron chi connectivity index (χ0n) is 11.1. The molecule has 0 saturated carbocycles. The van der Waals surface area contributed by atoms with Gasteiger partial charge in [0.25, 0.3) is 15.0 Å². The normalized spacial score (nSPS) is 11.4. The van der Waals surface area contributed by atoms with E-state index >= 15 is 0 Å². The molecule has 1 aromatic heterocycles. The average molecular weight is 348 g/mol. The minimum Gasteiger partial charge on any atom is -0.320 e. The van der Waals surface area contributed by atoms with Crippen molar-refractivity contribution in [1.29, 1.82) is 0 Å². The number of aromatic nitrogens is 2. The number of amides is 1. The summed E-state index contributed by atoms with van der Waals surface area (Å²) in [5.41, 5.74) is 1.18. The van der Waals surface area contributed by atoms with Crippen molar-refractivity contribution >= 4 is 42.9 Å². The van der Waals surface area contributed by atoms with Crippen LogP contribution in [0.5, 0.6) is 0 Å². The van der Waals surface area contributed by atoms with Crippen LogP contribution in [0.25, 0.3) is 0 Å². The van der Waals surface area contributed by atoms with E-state index < -0.39 is 15.0 Å². The number of halogens is 2. The van der Waals surface area contributed by atoms with E-state index in [2.05, 4.69) is 10.4 Å². The molecule has 0 aliphatic heterocycles. The summed E-state index contributed by atoms with van der Waals surface area (Å²) in [6.07, 6.45) is 2.96. The van der Waals surface area contributed by atoms with Gasteiger partial charge < -0.3 is 5.32 Å². The highest BCUT2D eigenvalue weighted by atomic mass is 35.7. The highest BCUT2D eigenvalue weighted by Gasteiger charge is 2.17. The van der Waals surface area contributed by atoms with Crippen molar-refractivity contribution in [2.24, 2.45) is 7.05 Å². The molecule has 2 aromatic rings. The van der Waals surface area contributed by atoms with Crippen molar-refractivity contribution < 1.29 is 13.2 Å². The Labute approximate surface area is 131 Å². The Morgan fingerprint density at radius 1 is 1.38 bits per heavy atom. The number of hydrogen-bond acceptors (Lipinski definition) is 4. The third kappa shape index (κ3) is 3.55.